The van der Waals surface area contributed by atoms with Crippen LogP contribution in [0.4, 0.5) is 0 Å². The summed E-state index contributed by atoms with van der Waals surface area (Å²) in [5.74, 6) is -3.11. The topological polar surface area (TPSA) is 117 Å². The smallest absolute Gasteiger partial charge is 0.330 e. The normalized spacial score (nSPS) is 17.0. The lowest BCUT2D eigenvalue weighted by Gasteiger charge is -2.29. The molecule has 8 heteroatoms. The van der Waals surface area contributed by atoms with Gasteiger partial charge in [-0.1, -0.05) is 46.2 Å². The van der Waals surface area contributed by atoms with E-state index in [1.54, 1.807) is 39.8 Å². The second kappa shape index (κ2) is 9.08. The van der Waals surface area contributed by atoms with E-state index in [0.29, 0.717) is 6.42 Å². The molecule has 1 heterocycles. The number of nitriles is 1. The van der Waals surface area contributed by atoms with Gasteiger partial charge in [-0.05, 0) is 30.9 Å². The first-order chi connectivity index (χ1) is 14.1. The number of fused-ring (bicyclic) bond motifs is 1. The first kappa shape index (κ1) is 23.1. The van der Waals surface area contributed by atoms with E-state index in [-0.39, 0.29) is 23.0 Å². The van der Waals surface area contributed by atoms with Crippen molar-refractivity contribution in [2.24, 2.45) is 11.8 Å². The Labute approximate surface area is 176 Å². The molecule has 0 saturated heterocycles. The van der Waals surface area contributed by atoms with Crippen molar-refractivity contribution in [1.82, 2.24) is 10.2 Å². The average Bonchev–Trinajstić information content (AvgIpc) is 2.97. The lowest BCUT2D eigenvalue weighted by molar-refractivity contribution is -0.154. The third kappa shape index (κ3) is 4.35. The van der Waals surface area contributed by atoms with E-state index in [1.165, 1.54) is 12.1 Å². The van der Waals surface area contributed by atoms with Gasteiger partial charge in [0.25, 0.3) is 17.7 Å². The number of carbonyl (C=O) groups excluding carboxylic acids is 4. The number of hydrogen-bond acceptors (Lipinski definition) is 6. The number of rotatable bonds is 8. The Morgan fingerprint density at radius 3 is 2.13 bits per heavy atom. The van der Waals surface area contributed by atoms with Crippen LogP contribution < -0.4 is 5.32 Å². The molecule has 0 aliphatic carbocycles. The van der Waals surface area contributed by atoms with Crippen LogP contribution in [-0.2, 0) is 14.3 Å². The van der Waals surface area contributed by atoms with E-state index in [9.17, 15) is 24.4 Å². The summed E-state index contributed by atoms with van der Waals surface area (Å²) in [4.78, 5) is 51.6. The molecule has 0 spiro atoms. The maximum absolute atomic E-state index is 12.8. The number of imide groups is 1. The van der Waals surface area contributed by atoms with Crippen LogP contribution in [0.25, 0.3) is 0 Å². The van der Waals surface area contributed by atoms with Gasteiger partial charge in [-0.15, -0.1) is 0 Å². The number of nitrogens with zero attached hydrogens (tertiary/aromatic N) is 2. The van der Waals surface area contributed by atoms with Gasteiger partial charge in [0.1, 0.15) is 11.6 Å². The summed E-state index contributed by atoms with van der Waals surface area (Å²) in [6.07, 6.45) is 0.513. The third-order valence-corrected chi connectivity index (χ3v) is 5.66. The molecule has 160 valence electrons. The molecule has 0 saturated carbocycles. The molecule has 8 nitrogen and oxygen atoms in total. The first-order valence-electron chi connectivity index (χ1n) is 9.93. The van der Waals surface area contributed by atoms with Crippen LogP contribution in [0.3, 0.4) is 0 Å². The van der Waals surface area contributed by atoms with Crippen molar-refractivity contribution in [3.05, 3.63) is 35.4 Å². The predicted molar refractivity (Wildman–Crippen MR) is 108 cm³/mol. The van der Waals surface area contributed by atoms with Crippen molar-refractivity contribution in [3.63, 3.8) is 0 Å². The SMILES string of the molecule is CC[C@H](C)[C@@H](C(=O)OCC(=O)N[C@](C)(C#N)C(C)C)N1C(=O)c2ccccc2C1=O. The molecule has 2 rings (SSSR count). The van der Waals surface area contributed by atoms with E-state index in [2.05, 4.69) is 5.32 Å². The molecule has 1 aliphatic heterocycles. The number of carbonyl (C=O) groups is 4. The number of hydrogen-bond donors (Lipinski definition) is 1. The molecule has 1 N–H and O–H groups in total. The zero-order valence-electron chi connectivity index (χ0n) is 17.9. The van der Waals surface area contributed by atoms with E-state index >= 15 is 0 Å². The number of benzene rings is 1. The van der Waals surface area contributed by atoms with Crippen LogP contribution >= 0.6 is 0 Å². The van der Waals surface area contributed by atoms with Crippen LogP contribution in [0.15, 0.2) is 24.3 Å². The van der Waals surface area contributed by atoms with E-state index in [1.807, 2.05) is 13.0 Å². The maximum atomic E-state index is 12.8. The minimum Gasteiger partial charge on any atom is -0.454 e. The molecule has 3 atom stereocenters. The standard InChI is InChI=1S/C22H27N3O5/c1-6-14(4)18(25-19(27)15-9-7-8-10-16(15)20(25)28)21(29)30-11-17(26)24-22(5,12-23)13(2)3/h7-10,13-14,18H,6,11H2,1-5H3,(H,24,26)/t14-,18-,22+/m0/s1. The molecule has 30 heavy (non-hydrogen) atoms. The number of nitrogens with one attached hydrogen (secondary N) is 1. The van der Waals surface area contributed by atoms with E-state index in [4.69, 9.17) is 4.74 Å². The van der Waals surface area contributed by atoms with Crippen LogP contribution in [0, 0.1) is 23.2 Å². The summed E-state index contributed by atoms with van der Waals surface area (Å²) in [5.41, 5.74) is -0.631. The molecule has 1 aliphatic rings. The Kier molecular flexibility index (Phi) is 6.98. The summed E-state index contributed by atoms with van der Waals surface area (Å²) in [7, 11) is 0. The monoisotopic (exact) mass is 413 g/mol. The van der Waals surface area contributed by atoms with Crippen LogP contribution in [0.2, 0.25) is 0 Å². The first-order valence-corrected chi connectivity index (χ1v) is 9.93. The van der Waals surface area contributed by atoms with Crippen molar-refractivity contribution in [2.75, 3.05) is 6.61 Å². The summed E-state index contributed by atoms with van der Waals surface area (Å²) < 4.78 is 5.16. The van der Waals surface area contributed by atoms with Crippen LogP contribution in [0.5, 0.6) is 0 Å². The van der Waals surface area contributed by atoms with Crippen molar-refractivity contribution in [2.45, 2.75) is 52.6 Å². The highest BCUT2D eigenvalue weighted by molar-refractivity contribution is 6.22. The predicted octanol–water partition coefficient (Wildman–Crippen LogP) is 2.29. The molecule has 0 unspecified atom stereocenters. The van der Waals surface area contributed by atoms with Gasteiger partial charge in [0.2, 0.25) is 0 Å². The van der Waals surface area contributed by atoms with Crippen molar-refractivity contribution in [1.29, 1.82) is 5.26 Å². The highest BCUT2D eigenvalue weighted by atomic mass is 16.5. The fraction of sp³-hybridized carbons (Fsp3) is 0.500. The zero-order chi connectivity index (χ0) is 22.6. The summed E-state index contributed by atoms with van der Waals surface area (Å²) >= 11 is 0. The van der Waals surface area contributed by atoms with Gasteiger partial charge in [-0.3, -0.25) is 19.3 Å². The van der Waals surface area contributed by atoms with Crippen molar-refractivity contribution < 1.29 is 23.9 Å². The lowest BCUT2D eigenvalue weighted by atomic mass is 9.90. The Bertz CT molecular complexity index is 869. The zero-order valence-corrected chi connectivity index (χ0v) is 17.9. The van der Waals surface area contributed by atoms with Crippen molar-refractivity contribution >= 4 is 23.7 Å². The van der Waals surface area contributed by atoms with Gasteiger partial charge in [-0.25, -0.2) is 4.79 Å². The Balaban J connectivity index is 2.16. The summed E-state index contributed by atoms with van der Waals surface area (Å²) in [6.45, 7) is 8.11. The quantitative estimate of drug-likeness (QED) is 0.516. The molecule has 1 aromatic rings. The van der Waals surface area contributed by atoms with E-state index in [0.717, 1.165) is 4.90 Å². The highest BCUT2D eigenvalue weighted by Gasteiger charge is 2.45. The largest absolute Gasteiger partial charge is 0.454 e. The van der Waals surface area contributed by atoms with Crippen molar-refractivity contribution in [3.8, 4) is 6.07 Å². The van der Waals surface area contributed by atoms with Gasteiger partial charge in [0.15, 0.2) is 6.61 Å². The maximum Gasteiger partial charge on any atom is 0.330 e. The summed E-state index contributed by atoms with van der Waals surface area (Å²) in [6, 6.07) is 7.27. The van der Waals surface area contributed by atoms with E-state index < -0.39 is 41.9 Å². The van der Waals surface area contributed by atoms with Gasteiger partial charge >= 0.3 is 5.97 Å². The van der Waals surface area contributed by atoms with Gasteiger partial charge in [0, 0.05) is 0 Å². The van der Waals surface area contributed by atoms with Gasteiger partial charge in [-0.2, -0.15) is 5.26 Å². The molecule has 3 amide bonds. The molecule has 0 radical (unpaired) electrons. The Hall–Kier alpha value is -3.21. The molecule has 1 aromatic carbocycles. The minimum atomic E-state index is -1.15. The number of ether oxygens (including phenoxy) is 1. The lowest BCUT2D eigenvalue weighted by Crippen LogP contribution is -2.52. The third-order valence-electron chi connectivity index (χ3n) is 5.66. The molecule has 0 fully saturated rings. The number of esters is 1. The fourth-order valence-electron chi connectivity index (χ4n) is 3.13. The Morgan fingerprint density at radius 2 is 1.70 bits per heavy atom. The molecular weight excluding hydrogens is 386 g/mol. The summed E-state index contributed by atoms with van der Waals surface area (Å²) in [5, 5.41) is 11.9. The van der Waals surface area contributed by atoms with Crippen LogP contribution in [-0.4, -0.2) is 46.8 Å². The average molecular weight is 413 g/mol. The fourth-order valence-corrected chi connectivity index (χ4v) is 3.13. The second-order valence-electron chi connectivity index (χ2n) is 7.98. The molecular formula is C22H27N3O5. The Morgan fingerprint density at radius 1 is 1.17 bits per heavy atom. The number of amides is 3. The second-order valence-corrected chi connectivity index (χ2v) is 7.98. The minimum absolute atomic E-state index is 0.159. The van der Waals surface area contributed by atoms with Gasteiger partial charge < -0.3 is 10.1 Å². The van der Waals surface area contributed by atoms with Crippen LogP contribution in [0.1, 0.15) is 61.8 Å². The highest BCUT2D eigenvalue weighted by Crippen LogP contribution is 2.28. The van der Waals surface area contributed by atoms with Gasteiger partial charge in [0.05, 0.1) is 17.2 Å². The molecule has 0 aromatic heterocycles. The molecule has 0 bridgehead atoms.